The van der Waals surface area contributed by atoms with E-state index >= 15 is 0 Å². The van der Waals surface area contributed by atoms with Gasteiger partial charge in [0.2, 0.25) is 5.91 Å². The van der Waals surface area contributed by atoms with Gasteiger partial charge in [-0.1, -0.05) is 5.16 Å². The molecule has 6 nitrogen and oxygen atoms in total. The molecule has 4 aliphatic heterocycles. The van der Waals surface area contributed by atoms with Crippen molar-refractivity contribution in [1.29, 1.82) is 0 Å². The minimum absolute atomic E-state index is 0.316. The third-order valence-electron chi connectivity index (χ3n) is 7.01. The number of carbonyl (C=O) groups excluding carboxylic acids is 1. The van der Waals surface area contributed by atoms with Crippen molar-refractivity contribution in [2.24, 2.45) is 23.7 Å². The maximum Gasteiger partial charge on any atom is 0.226 e. The first-order valence-electron chi connectivity index (χ1n) is 9.77. The molecule has 5 fully saturated rings. The third-order valence-corrected chi connectivity index (χ3v) is 7.01. The summed E-state index contributed by atoms with van der Waals surface area (Å²) in [6.07, 6.45) is 2.42. The van der Waals surface area contributed by atoms with E-state index in [0.717, 1.165) is 57.1 Å². The number of aryl methyl sites for hydroxylation is 2. The first-order chi connectivity index (χ1) is 12.1. The average Bonchev–Trinajstić information content (AvgIpc) is 3.10. The first kappa shape index (κ1) is 15.8. The third kappa shape index (κ3) is 2.61. The Morgan fingerprint density at radius 1 is 1.20 bits per heavy atom. The second-order valence-corrected chi connectivity index (χ2v) is 8.60. The van der Waals surface area contributed by atoms with Crippen LogP contribution >= 0.6 is 0 Å². The molecule has 0 radical (unpaired) electrons. The van der Waals surface area contributed by atoms with Crippen LogP contribution in [0, 0.1) is 37.5 Å². The maximum absolute atomic E-state index is 13.1. The van der Waals surface area contributed by atoms with Crippen LogP contribution in [0.1, 0.15) is 29.9 Å². The number of carbonyl (C=O) groups is 1. The molecule has 2 bridgehead atoms. The number of nitrogens with zero attached hydrogens (tertiary/aromatic N) is 3. The SMILES string of the molecule is Cc1noc(C)c1CN1C[C@H]2CC[C@@H](C1)N(C(=O)C1[C@H]3CNC[C@@H]13)C2. The molecule has 1 unspecified atom stereocenters. The van der Waals surface area contributed by atoms with Gasteiger partial charge in [0.25, 0.3) is 0 Å². The van der Waals surface area contributed by atoms with Crippen molar-refractivity contribution in [3.05, 3.63) is 17.0 Å². The minimum atomic E-state index is 0.316. The summed E-state index contributed by atoms with van der Waals surface area (Å²) in [5.41, 5.74) is 2.22. The van der Waals surface area contributed by atoms with Crippen molar-refractivity contribution in [2.75, 3.05) is 32.7 Å². The van der Waals surface area contributed by atoms with E-state index in [1.54, 1.807) is 0 Å². The molecule has 0 aromatic carbocycles. The summed E-state index contributed by atoms with van der Waals surface area (Å²) in [6, 6.07) is 0.390. The van der Waals surface area contributed by atoms with Crippen LogP contribution in [0.25, 0.3) is 0 Å². The van der Waals surface area contributed by atoms with Gasteiger partial charge in [-0.05, 0) is 57.5 Å². The maximum atomic E-state index is 13.1. The summed E-state index contributed by atoms with van der Waals surface area (Å²) in [5.74, 6) is 3.54. The van der Waals surface area contributed by atoms with Crippen molar-refractivity contribution >= 4 is 5.91 Å². The molecule has 5 atom stereocenters. The van der Waals surface area contributed by atoms with Crippen molar-refractivity contribution in [3.8, 4) is 0 Å². The van der Waals surface area contributed by atoms with Gasteiger partial charge in [0.15, 0.2) is 0 Å². The van der Waals surface area contributed by atoms with E-state index < -0.39 is 0 Å². The van der Waals surface area contributed by atoms with E-state index in [-0.39, 0.29) is 0 Å². The van der Waals surface area contributed by atoms with E-state index in [9.17, 15) is 4.79 Å². The summed E-state index contributed by atoms with van der Waals surface area (Å²) < 4.78 is 5.33. The van der Waals surface area contributed by atoms with E-state index in [0.29, 0.717) is 35.6 Å². The highest BCUT2D eigenvalue weighted by atomic mass is 16.5. The molecule has 25 heavy (non-hydrogen) atoms. The number of piperidine rings is 2. The van der Waals surface area contributed by atoms with Gasteiger partial charge in [0, 0.05) is 43.7 Å². The lowest BCUT2D eigenvalue weighted by Gasteiger charge is -2.36. The molecule has 1 aromatic heterocycles. The topological polar surface area (TPSA) is 61.6 Å². The van der Waals surface area contributed by atoms with Crippen molar-refractivity contribution in [2.45, 2.75) is 39.3 Å². The number of amides is 1. The van der Waals surface area contributed by atoms with Crippen LogP contribution in [-0.2, 0) is 11.3 Å². The van der Waals surface area contributed by atoms with Crippen molar-refractivity contribution in [3.63, 3.8) is 0 Å². The molecule has 1 aromatic rings. The van der Waals surface area contributed by atoms with Gasteiger partial charge in [0.1, 0.15) is 5.76 Å². The Kier molecular flexibility index (Phi) is 3.68. The summed E-state index contributed by atoms with van der Waals surface area (Å²) in [7, 11) is 0. The predicted octanol–water partition coefficient (Wildman–Crippen LogP) is 1.18. The fourth-order valence-corrected chi connectivity index (χ4v) is 5.51. The molecular weight excluding hydrogens is 316 g/mol. The van der Waals surface area contributed by atoms with Crippen LogP contribution in [0.2, 0.25) is 0 Å². The van der Waals surface area contributed by atoms with Gasteiger partial charge in [-0.2, -0.15) is 0 Å². The average molecular weight is 344 g/mol. The van der Waals surface area contributed by atoms with Crippen LogP contribution in [0.3, 0.4) is 0 Å². The fourth-order valence-electron chi connectivity index (χ4n) is 5.51. The summed E-state index contributed by atoms with van der Waals surface area (Å²) in [4.78, 5) is 17.9. The molecule has 4 saturated heterocycles. The quantitative estimate of drug-likeness (QED) is 0.892. The van der Waals surface area contributed by atoms with Crippen molar-refractivity contribution in [1.82, 2.24) is 20.3 Å². The molecule has 1 N–H and O–H groups in total. The number of nitrogens with one attached hydrogen (secondary N) is 1. The minimum Gasteiger partial charge on any atom is -0.361 e. The number of hydrogen-bond acceptors (Lipinski definition) is 5. The second-order valence-electron chi connectivity index (χ2n) is 8.60. The largest absolute Gasteiger partial charge is 0.361 e. The molecule has 6 heteroatoms. The summed E-state index contributed by atoms with van der Waals surface area (Å²) >= 11 is 0. The van der Waals surface area contributed by atoms with Gasteiger partial charge in [-0.25, -0.2) is 0 Å². The molecule has 1 amide bonds. The Hall–Kier alpha value is -1.40. The highest BCUT2D eigenvalue weighted by Gasteiger charge is 2.58. The Balaban J connectivity index is 1.30. The molecule has 5 aliphatic rings. The zero-order valence-electron chi connectivity index (χ0n) is 15.2. The molecule has 136 valence electrons. The summed E-state index contributed by atoms with van der Waals surface area (Å²) in [6.45, 7) is 10.0. The molecule has 1 saturated carbocycles. The Bertz CT molecular complexity index is 657. The fraction of sp³-hybridized carbons (Fsp3) is 0.789. The Morgan fingerprint density at radius 3 is 2.72 bits per heavy atom. The highest BCUT2D eigenvalue weighted by Crippen LogP contribution is 2.50. The monoisotopic (exact) mass is 344 g/mol. The Morgan fingerprint density at radius 2 is 2.00 bits per heavy atom. The van der Waals surface area contributed by atoms with Crippen LogP contribution in [0.15, 0.2) is 4.52 Å². The van der Waals surface area contributed by atoms with Gasteiger partial charge < -0.3 is 14.7 Å². The van der Waals surface area contributed by atoms with Gasteiger partial charge >= 0.3 is 0 Å². The molecular formula is C19H28N4O2. The Labute approximate surface area is 148 Å². The normalized spacial score (nSPS) is 37.2. The van der Waals surface area contributed by atoms with Crippen LogP contribution in [0.4, 0.5) is 0 Å². The zero-order valence-corrected chi connectivity index (χ0v) is 15.2. The van der Waals surface area contributed by atoms with E-state index in [1.165, 1.54) is 12.0 Å². The van der Waals surface area contributed by atoms with Crippen LogP contribution < -0.4 is 5.32 Å². The lowest BCUT2D eigenvalue weighted by molar-refractivity contribution is -0.137. The zero-order chi connectivity index (χ0) is 17.1. The summed E-state index contributed by atoms with van der Waals surface area (Å²) in [5, 5.41) is 7.50. The lowest BCUT2D eigenvalue weighted by atomic mass is 9.94. The molecule has 1 aliphatic carbocycles. The number of fused-ring (bicyclic) bond motifs is 5. The van der Waals surface area contributed by atoms with Crippen LogP contribution in [0.5, 0.6) is 0 Å². The molecule has 6 rings (SSSR count). The number of rotatable bonds is 3. The van der Waals surface area contributed by atoms with E-state index in [4.69, 9.17) is 4.52 Å². The number of hydrogen-bond donors (Lipinski definition) is 1. The smallest absolute Gasteiger partial charge is 0.226 e. The second kappa shape index (κ2) is 5.81. The van der Waals surface area contributed by atoms with Gasteiger partial charge in [-0.3, -0.25) is 9.69 Å². The number of aromatic nitrogens is 1. The first-order valence-corrected chi connectivity index (χ1v) is 9.77. The molecule has 5 heterocycles. The highest BCUT2D eigenvalue weighted by molar-refractivity contribution is 5.83. The van der Waals surface area contributed by atoms with Gasteiger partial charge in [0.05, 0.1) is 5.69 Å². The van der Waals surface area contributed by atoms with Crippen molar-refractivity contribution < 1.29 is 9.32 Å². The predicted molar refractivity (Wildman–Crippen MR) is 92.8 cm³/mol. The van der Waals surface area contributed by atoms with Gasteiger partial charge in [-0.15, -0.1) is 0 Å². The van der Waals surface area contributed by atoms with E-state index in [1.807, 2.05) is 13.8 Å². The lowest BCUT2D eigenvalue weighted by Crippen LogP contribution is -2.48. The molecule has 0 spiro atoms. The standard InChI is InChI=1S/C19H28N4O2/c1-11-17(12(2)25-21-11)10-22-7-13-3-4-14(9-22)23(8-13)19(24)18-15-5-20-6-16(15)18/h13-16,18,20H,3-10H2,1-2H3/t13-,14+,15-,16+,18?/m1/s1. The van der Waals surface area contributed by atoms with E-state index in [2.05, 4.69) is 20.3 Å². The van der Waals surface area contributed by atoms with Crippen LogP contribution in [-0.4, -0.2) is 59.6 Å².